The Morgan fingerprint density at radius 1 is 1.32 bits per heavy atom. The number of aryl methyl sites for hydroxylation is 1. The quantitative estimate of drug-likeness (QED) is 0.631. The van der Waals surface area contributed by atoms with E-state index in [-0.39, 0.29) is 28.0 Å². The van der Waals surface area contributed by atoms with Gasteiger partial charge in [-0.25, -0.2) is 18.0 Å². The van der Waals surface area contributed by atoms with E-state index in [1.807, 2.05) is 0 Å². The molecule has 1 aliphatic carbocycles. The molecule has 3 amide bonds. The molecule has 7 nitrogen and oxygen atoms in total. The number of benzene rings is 1. The number of amides is 3. The van der Waals surface area contributed by atoms with E-state index in [2.05, 4.69) is 15.0 Å². The normalized spacial score (nSPS) is 13.7. The summed E-state index contributed by atoms with van der Waals surface area (Å²) in [4.78, 5) is 23.7. The fraction of sp³-hybridized carbons (Fsp3) is 0.353. The van der Waals surface area contributed by atoms with Crippen LogP contribution in [0.25, 0.3) is 0 Å². The van der Waals surface area contributed by atoms with E-state index >= 15 is 0 Å². The largest absolute Gasteiger partial charge is 0.471 e. The van der Waals surface area contributed by atoms with Gasteiger partial charge in [-0.15, -0.1) is 0 Å². The molecule has 1 aromatic carbocycles. The molecule has 28 heavy (non-hydrogen) atoms. The molecule has 0 atom stereocenters. The van der Waals surface area contributed by atoms with Gasteiger partial charge in [-0.1, -0.05) is 0 Å². The molecule has 1 fully saturated rings. The first-order valence-electron chi connectivity index (χ1n) is 8.40. The van der Waals surface area contributed by atoms with E-state index in [1.54, 1.807) is 0 Å². The fourth-order valence-corrected chi connectivity index (χ4v) is 3.31. The molecular weight excluding hydrogens is 397 g/mol. The topological polar surface area (TPSA) is 106 Å². The number of carbonyl (C=O) groups excluding carboxylic acids is 2. The van der Waals surface area contributed by atoms with Crippen molar-refractivity contribution in [1.82, 2.24) is 9.69 Å². The molecule has 150 valence electrons. The number of aromatic nitrogens is 1. The first-order chi connectivity index (χ1) is 13.3. The monoisotopic (exact) mass is 414 g/mol. The number of rotatable bonds is 6. The number of anilines is 1. The Kier molecular flexibility index (Phi) is 5.73. The Labute approximate surface area is 162 Å². The third-order valence-corrected chi connectivity index (χ3v) is 5.11. The van der Waals surface area contributed by atoms with Crippen LogP contribution in [0.3, 0.4) is 0 Å². The van der Waals surface area contributed by atoms with Crippen molar-refractivity contribution in [3.05, 3.63) is 40.2 Å². The zero-order valence-electron chi connectivity index (χ0n) is 14.8. The van der Waals surface area contributed by atoms with Crippen LogP contribution in [-0.4, -0.2) is 22.4 Å². The van der Waals surface area contributed by atoms with E-state index in [0.29, 0.717) is 0 Å². The van der Waals surface area contributed by atoms with Gasteiger partial charge < -0.3 is 15.8 Å². The molecule has 0 radical (unpaired) electrons. The highest BCUT2D eigenvalue weighted by atomic mass is 32.1. The van der Waals surface area contributed by atoms with Gasteiger partial charge in [0.2, 0.25) is 5.88 Å². The maximum Gasteiger partial charge on any atom is 0.320 e. The Morgan fingerprint density at radius 3 is 2.64 bits per heavy atom. The number of hydrogen-bond acceptors (Lipinski definition) is 5. The third-order valence-electron chi connectivity index (χ3n) is 4.36. The van der Waals surface area contributed by atoms with Crippen LogP contribution < -0.4 is 21.1 Å². The van der Waals surface area contributed by atoms with E-state index in [9.17, 15) is 22.8 Å². The number of carbonyl (C=O) groups is 2. The average molecular weight is 414 g/mol. The lowest BCUT2D eigenvalue weighted by Gasteiger charge is -2.26. The summed E-state index contributed by atoms with van der Waals surface area (Å²) in [6.45, 7) is 0.511. The second-order valence-electron chi connectivity index (χ2n) is 6.35. The van der Waals surface area contributed by atoms with Gasteiger partial charge in [-0.2, -0.15) is 4.37 Å². The summed E-state index contributed by atoms with van der Waals surface area (Å²) >= 11 is 0.725. The number of halogens is 3. The van der Waals surface area contributed by atoms with Crippen molar-refractivity contribution in [3.63, 3.8) is 0 Å². The van der Waals surface area contributed by atoms with E-state index in [1.165, 1.54) is 6.92 Å². The van der Waals surface area contributed by atoms with Crippen LogP contribution in [0, 0.1) is 24.4 Å². The summed E-state index contributed by atoms with van der Waals surface area (Å²) in [5, 5.41) is 5.22. The second kappa shape index (κ2) is 8.05. The summed E-state index contributed by atoms with van der Waals surface area (Å²) in [6, 6.07) is 0.383. The molecule has 0 aliphatic heterocycles. The molecule has 1 aromatic heterocycles. The van der Waals surface area contributed by atoms with Crippen molar-refractivity contribution in [2.45, 2.75) is 38.8 Å². The molecule has 0 saturated heterocycles. The number of hydrogen-bond donors (Lipinski definition) is 3. The van der Waals surface area contributed by atoms with Gasteiger partial charge in [0.1, 0.15) is 23.0 Å². The van der Waals surface area contributed by atoms with Crippen molar-refractivity contribution in [1.29, 1.82) is 0 Å². The minimum absolute atomic E-state index is 0.0374. The van der Waals surface area contributed by atoms with Gasteiger partial charge >= 0.3 is 6.03 Å². The van der Waals surface area contributed by atoms with Crippen molar-refractivity contribution < 1.29 is 27.5 Å². The zero-order chi connectivity index (χ0) is 20.4. The van der Waals surface area contributed by atoms with Gasteiger partial charge in [0.25, 0.3) is 5.91 Å². The molecule has 0 bridgehead atoms. The number of urea groups is 1. The van der Waals surface area contributed by atoms with E-state index in [0.717, 1.165) is 36.9 Å². The molecule has 2 aromatic rings. The number of ether oxygens (including phenoxy) is 1. The summed E-state index contributed by atoms with van der Waals surface area (Å²) in [7, 11) is 0. The minimum Gasteiger partial charge on any atom is -0.471 e. The standard InChI is InChI=1S/C17H17F3N4O3S/c1-7-5-10(18)9(13(20)12(7)19)6-27-15-11(14(21)25)16(28-24-15)23-17(26)22-8-3-2-4-8/h5,8H,2-4,6H2,1H3,(H2,21,25)(H2,22,23,26). The Balaban J connectivity index is 1.76. The first kappa shape index (κ1) is 19.9. The molecule has 3 rings (SSSR count). The van der Waals surface area contributed by atoms with E-state index < -0.39 is 41.6 Å². The van der Waals surface area contributed by atoms with Crippen LogP contribution in [0.2, 0.25) is 0 Å². The average Bonchev–Trinajstić information content (AvgIpc) is 2.98. The highest BCUT2D eigenvalue weighted by Crippen LogP contribution is 2.31. The smallest absolute Gasteiger partial charge is 0.320 e. The number of primary amides is 1. The SMILES string of the molecule is Cc1cc(F)c(COc2nsc(NC(=O)NC3CCC3)c2C(N)=O)c(F)c1F. The van der Waals surface area contributed by atoms with Crippen LogP contribution in [0.1, 0.15) is 40.7 Å². The molecule has 1 heterocycles. The van der Waals surface area contributed by atoms with Crippen molar-refractivity contribution in [3.8, 4) is 5.88 Å². The Morgan fingerprint density at radius 2 is 2.04 bits per heavy atom. The third kappa shape index (κ3) is 4.03. The molecule has 1 saturated carbocycles. The molecule has 1 aliphatic rings. The Bertz CT molecular complexity index is 931. The summed E-state index contributed by atoms with van der Waals surface area (Å²) in [6.07, 6.45) is 2.78. The molecule has 4 N–H and O–H groups in total. The fourth-order valence-electron chi connectivity index (χ4n) is 2.58. The van der Waals surface area contributed by atoms with Gasteiger partial charge in [0.05, 0.1) is 5.56 Å². The van der Waals surface area contributed by atoms with Crippen LogP contribution >= 0.6 is 11.5 Å². The van der Waals surface area contributed by atoms with Crippen LogP contribution in [0.4, 0.5) is 23.0 Å². The van der Waals surface area contributed by atoms with Gasteiger partial charge in [-0.05, 0) is 49.3 Å². The van der Waals surface area contributed by atoms with Crippen LogP contribution in [0.5, 0.6) is 5.88 Å². The van der Waals surface area contributed by atoms with Crippen LogP contribution in [0.15, 0.2) is 6.07 Å². The van der Waals surface area contributed by atoms with E-state index in [4.69, 9.17) is 10.5 Å². The number of nitrogens with one attached hydrogen (secondary N) is 2. The summed E-state index contributed by atoms with van der Waals surface area (Å²) in [5.41, 5.74) is 4.25. The van der Waals surface area contributed by atoms with Gasteiger partial charge in [-0.3, -0.25) is 10.1 Å². The molecule has 0 spiro atoms. The Hall–Kier alpha value is -2.82. The van der Waals surface area contributed by atoms with Gasteiger partial charge in [0.15, 0.2) is 11.6 Å². The maximum atomic E-state index is 14.0. The molecule has 11 heteroatoms. The predicted octanol–water partition coefficient (Wildman–Crippen LogP) is 3.22. The van der Waals surface area contributed by atoms with Crippen molar-refractivity contribution in [2.24, 2.45) is 5.73 Å². The molecule has 0 unspecified atom stereocenters. The van der Waals surface area contributed by atoms with Crippen molar-refractivity contribution in [2.75, 3.05) is 5.32 Å². The van der Waals surface area contributed by atoms with Crippen molar-refractivity contribution >= 4 is 28.5 Å². The zero-order valence-corrected chi connectivity index (χ0v) is 15.6. The number of nitrogens with zero attached hydrogens (tertiary/aromatic N) is 1. The minimum atomic E-state index is -1.38. The van der Waals surface area contributed by atoms with Gasteiger partial charge in [0, 0.05) is 6.04 Å². The molecular formula is C17H17F3N4O3S. The second-order valence-corrected chi connectivity index (χ2v) is 7.13. The highest BCUT2D eigenvalue weighted by molar-refractivity contribution is 7.11. The first-order valence-corrected chi connectivity index (χ1v) is 9.18. The van der Waals surface area contributed by atoms with Crippen LogP contribution in [-0.2, 0) is 6.61 Å². The maximum absolute atomic E-state index is 14.0. The lowest BCUT2D eigenvalue weighted by molar-refractivity contribution is 0.0996. The lowest BCUT2D eigenvalue weighted by Crippen LogP contribution is -2.41. The summed E-state index contributed by atoms with van der Waals surface area (Å²) in [5.74, 6) is -4.82. The predicted molar refractivity (Wildman–Crippen MR) is 95.8 cm³/mol. The highest BCUT2D eigenvalue weighted by Gasteiger charge is 2.25. The number of nitrogens with two attached hydrogens (primary N) is 1. The lowest BCUT2D eigenvalue weighted by atomic mass is 9.93. The summed E-state index contributed by atoms with van der Waals surface area (Å²) < 4.78 is 50.6.